The average Bonchev–Trinajstić information content (AvgIpc) is 1.64. The first-order valence-electron chi connectivity index (χ1n) is 3.06. The largest absolute Gasteiger partial charge is 0.490 e. The topological polar surface area (TPSA) is 280 Å². The summed E-state index contributed by atoms with van der Waals surface area (Å²) in [6.07, 6.45) is 0. The van der Waals surface area contributed by atoms with Gasteiger partial charge in [-0.3, -0.25) is 0 Å². The maximum atomic E-state index is 10.4. The summed E-state index contributed by atoms with van der Waals surface area (Å²) in [4.78, 5) is 61.8. The minimum absolute atomic E-state index is 0. The third-order valence-electron chi connectivity index (χ3n) is 0.419. The van der Waals surface area contributed by atoms with Gasteiger partial charge in [-0.05, 0) is 0 Å². The van der Waals surface area contributed by atoms with E-state index in [1.807, 2.05) is 0 Å². The molecule has 0 radical (unpaired) electrons. The van der Waals surface area contributed by atoms with Gasteiger partial charge in [-0.2, -0.15) is 8.62 Å². The normalized spacial score (nSPS) is 13.1. The number of hydrogen-bond donors (Lipinski definition) is 8. The van der Waals surface area contributed by atoms with Crippen molar-refractivity contribution in [1.29, 1.82) is 0 Å². The van der Waals surface area contributed by atoms with Crippen molar-refractivity contribution < 1.29 is 71.5 Å². The molecule has 0 rings (SSSR count). The van der Waals surface area contributed by atoms with Crippen LogP contribution < -0.4 is 0 Å². The number of phosphoric acid groups is 4. The molecular weight excluding hydrogens is 364 g/mol. The van der Waals surface area contributed by atoms with Gasteiger partial charge in [0.25, 0.3) is 0 Å². The molecule has 19 heavy (non-hydrogen) atoms. The van der Waals surface area contributed by atoms with E-state index in [-0.39, 0.29) is 5.48 Å². The van der Waals surface area contributed by atoms with Gasteiger partial charge in [0, 0.05) is 0 Å². The fourth-order valence-electron chi connectivity index (χ4n) is 0.284. The molecular formula is H10O15P4. The molecule has 0 fully saturated rings. The van der Waals surface area contributed by atoms with E-state index in [0.29, 0.717) is 0 Å². The fraction of sp³-hybridized carbons (Fsp3) is 0. The summed E-state index contributed by atoms with van der Waals surface area (Å²) in [6, 6.07) is 0. The van der Waals surface area contributed by atoms with Crippen LogP contribution in [0.1, 0.15) is 0 Å². The van der Waals surface area contributed by atoms with Crippen LogP contribution in [0.5, 0.6) is 0 Å². The zero-order chi connectivity index (χ0) is 15.4. The molecule has 0 aliphatic carbocycles. The van der Waals surface area contributed by atoms with E-state index in [0.717, 1.165) is 0 Å². The molecule has 0 aromatic heterocycles. The van der Waals surface area contributed by atoms with Crippen molar-refractivity contribution in [2.24, 2.45) is 0 Å². The molecule has 0 saturated heterocycles. The lowest BCUT2D eigenvalue weighted by Gasteiger charge is -2.11. The maximum Gasteiger partial charge on any atom is 0.490 e. The Morgan fingerprint density at radius 3 is 0.842 bits per heavy atom. The van der Waals surface area contributed by atoms with Gasteiger partial charge in [0.05, 0.1) is 0 Å². The Morgan fingerprint density at radius 2 is 0.737 bits per heavy atom. The summed E-state index contributed by atoms with van der Waals surface area (Å²) < 4.78 is 45.3. The Labute approximate surface area is 104 Å². The van der Waals surface area contributed by atoms with E-state index in [2.05, 4.69) is 8.62 Å². The summed E-state index contributed by atoms with van der Waals surface area (Å²) >= 11 is 0. The standard InChI is InChI=1S/H5O10P3.H3O4P.H2O/c1-11(2,3)9-13(7,8)10-12(4,5)6;1-5(2,3)4;/h(H,7,8)(H2,1,2,3)(H2,4,5,6);(H3,1,2,3,4);1H2. The molecule has 0 amide bonds. The Balaban J connectivity index is -0.000000366. The van der Waals surface area contributed by atoms with Crippen LogP contribution in [0, 0.1) is 0 Å². The predicted octanol–water partition coefficient (Wildman–Crippen LogP) is -2.45. The van der Waals surface area contributed by atoms with Crippen molar-refractivity contribution in [3.05, 3.63) is 0 Å². The van der Waals surface area contributed by atoms with Crippen molar-refractivity contribution in [2.45, 2.75) is 0 Å². The van der Waals surface area contributed by atoms with Crippen LogP contribution >= 0.6 is 31.3 Å². The highest BCUT2D eigenvalue weighted by molar-refractivity contribution is 7.66. The highest BCUT2D eigenvalue weighted by Gasteiger charge is 2.38. The van der Waals surface area contributed by atoms with Crippen LogP contribution in [0.25, 0.3) is 0 Å². The van der Waals surface area contributed by atoms with Crippen LogP contribution in [0.15, 0.2) is 0 Å². The van der Waals surface area contributed by atoms with E-state index in [1.54, 1.807) is 0 Å². The molecule has 0 heterocycles. The molecule has 0 saturated carbocycles. The van der Waals surface area contributed by atoms with Crippen molar-refractivity contribution in [3.63, 3.8) is 0 Å². The van der Waals surface area contributed by atoms with Gasteiger partial charge in [0.15, 0.2) is 0 Å². The average molecular weight is 374 g/mol. The van der Waals surface area contributed by atoms with Gasteiger partial charge >= 0.3 is 31.3 Å². The predicted molar refractivity (Wildman–Crippen MR) is 54.0 cm³/mol. The first-order chi connectivity index (χ1) is 7.41. The summed E-state index contributed by atoms with van der Waals surface area (Å²) in [7, 11) is -20.8. The molecule has 0 spiro atoms. The van der Waals surface area contributed by atoms with Gasteiger partial charge in [-0.1, -0.05) is 0 Å². The zero-order valence-corrected chi connectivity index (χ0v) is 11.9. The van der Waals surface area contributed by atoms with Crippen molar-refractivity contribution >= 4 is 31.3 Å². The van der Waals surface area contributed by atoms with E-state index in [9.17, 15) is 13.7 Å². The minimum Gasteiger partial charge on any atom is -0.412 e. The number of rotatable bonds is 4. The Hall–Kier alpha value is 0.480. The van der Waals surface area contributed by atoms with Crippen LogP contribution in [-0.2, 0) is 26.9 Å². The quantitative estimate of drug-likeness (QED) is 0.237. The van der Waals surface area contributed by atoms with Crippen molar-refractivity contribution in [1.82, 2.24) is 0 Å². The molecule has 0 aromatic carbocycles. The highest BCUT2D eigenvalue weighted by atomic mass is 31.3. The van der Waals surface area contributed by atoms with E-state index >= 15 is 0 Å². The van der Waals surface area contributed by atoms with Crippen LogP contribution in [-0.4, -0.2) is 44.6 Å². The molecule has 0 aliphatic heterocycles. The smallest absolute Gasteiger partial charge is 0.412 e. The lowest BCUT2D eigenvalue weighted by atomic mass is 15.7. The molecule has 19 heteroatoms. The number of hydrogen-bond acceptors (Lipinski definition) is 6. The third-order valence-corrected chi connectivity index (χ3v) is 3.77. The first kappa shape index (κ1) is 24.5. The summed E-state index contributed by atoms with van der Waals surface area (Å²) in [5.41, 5.74) is 0. The summed E-state index contributed by atoms with van der Waals surface area (Å²) in [5, 5.41) is 0. The van der Waals surface area contributed by atoms with Crippen molar-refractivity contribution in [3.8, 4) is 0 Å². The molecule has 0 atom stereocenters. The van der Waals surface area contributed by atoms with E-state index < -0.39 is 31.3 Å². The zero-order valence-electron chi connectivity index (χ0n) is 8.32. The maximum absolute atomic E-state index is 10.4. The second-order valence-electron chi connectivity index (χ2n) is 2.13. The van der Waals surface area contributed by atoms with Gasteiger partial charge in [-0.25, -0.2) is 18.3 Å². The van der Waals surface area contributed by atoms with Crippen LogP contribution in [0.3, 0.4) is 0 Å². The van der Waals surface area contributed by atoms with Gasteiger partial charge in [0.1, 0.15) is 0 Å². The van der Waals surface area contributed by atoms with Crippen LogP contribution in [0.4, 0.5) is 0 Å². The Morgan fingerprint density at radius 1 is 0.579 bits per heavy atom. The lowest BCUT2D eigenvalue weighted by molar-refractivity contribution is 0.204. The highest BCUT2D eigenvalue weighted by Crippen LogP contribution is 2.64. The fourth-order valence-corrected chi connectivity index (χ4v) is 2.82. The van der Waals surface area contributed by atoms with Gasteiger partial charge < -0.3 is 44.6 Å². The second kappa shape index (κ2) is 8.05. The van der Waals surface area contributed by atoms with E-state index in [4.69, 9.17) is 43.7 Å². The molecule has 15 nitrogen and oxygen atoms in total. The minimum atomic E-state index is -5.46. The summed E-state index contributed by atoms with van der Waals surface area (Å²) in [5.74, 6) is 0. The molecule has 10 N–H and O–H groups in total. The van der Waals surface area contributed by atoms with E-state index in [1.165, 1.54) is 0 Å². The lowest BCUT2D eigenvalue weighted by Crippen LogP contribution is -1.91. The molecule has 0 unspecified atom stereocenters. The van der Waals surface area contributed by atoms with Crippen LogP contribution in [0.2, 0.25) is 0 Å². The van der Waals surface area contributed by atoms with Gasteiger partial charge in [0.2, 0.25) is 0 Å². The van der Waals surface area contributed by atoms with Crippen molar-refractivity contribution in [2.75, 3.05) is 0 Å². The molecule has 0 aliphatic rings. The first-order valence-corrected chi connectivity index (χ1v) is 9.18. The monoisotopic (exact) mass is 374 g/mol. The Kier molecular flexibility index (Phi) is 10.4. The molecule has 120 valence electrons. The Bertz CT molecular complexity index is 389. The SMILES string of the molecule is O.O=P(O)(O)O.O=P(O)(O)OP(=O)(O)OP(=O)(O)O. The van der Waals surface area contributed by atoms with Gasteiger partial charge in [-0.15, -0.1) is 0 Å². The molecule has 0 aromatic rings. The summed E-state index contributed by atoms with van der Waals surface area (Å²) in [6.45, 7) is 0. The molecule has 0 bridgehead atoms. The third kappa shape index (κ3) is 32.2. The second-order valence-corrected chi connectivity index (χ2v) is 7.36.